The first-order valence-corrected chi connectivity index (χ1v) is 8.28. The van der Waals surface area contributed by atoms with Gasteiger partial charge in [-0.15, -0.1) is 0 Å². The van der Waals surface area contributed by atoms with Gasteiger partial charge in [-0.3, -0.25) is 9.89 Å². The average Bonchev–Trinajstić information content (AvgIpc) is 3.12. The number of hydrogen-bond donors (Lipinski definition) is 2. The first-order chi connectivity index (χ1) is 12.2. The molecule has 126 valence electrons. The first-order valence-electron chi connectivity index (χ1n) is 7.90. The lowest BCUT2D eigenvalue weighted by Crippen LogP contribution is -2.18. The number of aromatic amines is 1. The Kier molecular flexibility index (Phi) is 5.26. The third-order valence-corrected chi connectivity index (χ3v) is 4.07. The first kappa shape index (κ1) is 16.9. The van der Waals surface area contributed by atoms with E-state index in [1.807, 2.05) is 42.5 Å². The molecular formula is C19H17ClN4O. The molecule has 3 aromatic rings. The fraction of sp³-hybridized carbons (Fsp3) is 0.105. The van der Waals surface area contributed by atoms with Gasteiger partial charge in [-0.05, 0) is 29.7 Å². The van der Waals surface area contributed by atoms with Crippen molar-refractivity contribution in [2.24, 2.45) is 5.10 Å². The normalized spacial score (nSPS) is 11.0. The zero-order chi connectivity index (χ0) is 17.6. The van der Waals surface area contributed by atoms with Crippen LogP contribution >= 0.6 is 11.6 Å². The minimum atomic E-state index is -0.368. The molecule has 0 radical (unpaired) electrons. The van der Waals surface area contributed by atoms with Crippen LogP contribution in [0, 0.1) is 0 Å². The summed E-state index contributed by atoms with van der Waals surface area (Å²) >= 11 is 6.14. The summed E-state index contributed by atoms with van der Waals surface area (Å²) in [6, 6.07) is 17.0. The molecule has 0 saturated carbocycles. The predicted octanol–water partition coefficient (Wildman–Crippen LogP) is 4.06. The van der Waals surface area contributed by atoms with Crippen LogP contribution in [0.2, 0.25) is 5.02 Å². The van der Waals surface area contributed by atoms with Crippen LogP contribution in [0.25, 0.3) is 11.3 Å². The van der Waals surface area contributed by atoms with Gasteiger partial charge < -0.3 is 0 Å². The SMILES string of the molecule is CCc1ccc(/C=N/NC(=O)c2cc(-c3ccccc3Cl)n[nH]2)cc1. The number of amides is 1. The molecule has 0 aliphatic heterocycles. The second-order valence-electron chi connectivity index (χ2n) is 5.44. The highest BCUT2D eigenvalue weighted by Gasteiger charge is 2.12. The van der Waals surface area contributed by atoms with Gasteiger partial charge in [0.25, 0.3) is 5.91 Å². The summed E-state index contributed by atoms with van der Waals surface area (Å²) in [7, 11) is 0. The summed E-state index contributed by atoms with van der Waals surface area (Å²) in [5, 5.41) is 11.4. The number of carbonyl (C=O) groups excluding carboxylic acids is 1. The van der Waals surface area contributed by atoms with Gasteiger partial charge in [0.1, 0.15) is 5.69 Å². The fourth-order valence-electron chi connectivity index (χ4n) is 2.31. The van der Waals surface area contributed by atoms with Crippen molar-refractivity contribution in [3.8, 4) is 11.3 Å². The molecule has 2 aromatic carbocycles. The number of rotatable bonds is 5. The van der Waals surface area contributed by atoms with E-state index in [1.54, 1.807) is 18.3 Å². The van der Waals surface area contributed by atoms with Crippen LogP contribution in [0.4, 0.5) is 0 Å². The van der Waals surface area contributed by atoms with Crippen molar-refractivity contribution in [1.29, 1.82) is 0 Å². The molecule has 0 saturated heterocycles. The number of aromatic nitrogens is 2. The Morgan fingerprint density at radius 1 is 1.24 bits per heavy atom. The van der Waals surface area contributed by atoms with Gasteiger partial charge in [0.15, 0.2) is 0 Å². The molecule has 1 amide bonds. The molecular weight excluding hydrogens is 336 g/mol. The molecule has 6 heteroatoms. The Labute approximate surface area is 150 Å². The number of carbonyl (C=O) groups is 1. The van der Waals surface area contributed by atoms with E-state index in [0.717, 1.165) is 17.5 Å². The molecule has 1 aromatic heterocycles. The molecule has 0 aliphatic carbocycles. The van der Waals surface area contributed by atoms with E-state index in [-0.39, 0.29) is 5.91 Å². The zero-order valence-electron chi connectivity index (χ0n) is 13.7. The minimum Gasteiger partial charge on any atom is -0.272 e. The van der Waals surface area contributed by atoms with Crippen molar-refractivity contribution in [3.05, 3.63) is 76.4 Å². The fourth-order valence-corrected chi connectivity index (χ4v) is 2.54. The minimum absolute atomic E-state index is 0.313. The van der Waals surface area contributed by atoms with Crippen molar-refractivity contribution in [3.63, 3.8) is 0 Å². The van der Waals surface area contributed by atoms with Crippen molar-refractivity contribution in [1.82, 2.24) is 15.6 Å². The van der Waals surface area contributed by atoms with Crippen LogP contribution in [0.5, 0.6) is 0 Å². The molecule has 1 heterocycles. The summed E-state index contributed by atoms with van der Waals surface area (Å²) in [6.45, 7) is 2.10. The van der Waals surface area contributed by atoms with E-state index in [1.165, 1.54) is 5.56 Å². The van der Waals surface area contributed by atoms with E-state index >= 15 is 0 Å². The largest absolute Gasteiger partial charge is 0.289 e. The summed E-state index contributed by atoms with van der Waals surface area (Å²) < 4.78 is 0. The van der Waals surface area contributed by atoms with Crippen molar-refractivity contribution >= 4 is 23.7 Å². The number of nitrogens with one attached hydrogen (secondary N) is 2. The van der Waals surface area contributed by atoms with Crippen LogP contribution in [0.3, 0.4) is 0 Å². The van der Waals surface area contributed by atoms with E-state index in [9.17, 15) is 4.79 Å². The molecule has 0 aliphatic rings. The third kappa shape index (κ3) is 4.14. The van der Waals surface area contributed by atoms with Crippen molar-refractivity contribution in [2.75, 3.05) is 0 Å². The summed E-state index contributed by atoms with van der Waals surface area (Å²) in [5.41, 5.74) is 6.34. The smallest absolute Gasteiger partial charge is 0.272 e. The summed E-state index contributed by atoms with van der Waals surface area (Å²) in [6.07, 6.45) is 2.59. The highest BCUT2D eigenvalue weighted by molar-refractivity contribution is 6.33. The number of aryl methyl sites for hydroxylation is 1. The van der Waals surface area contributed by atoms with Gasteiger partial charge in [-0.1, -0.05) is 61.0 Å². The second-order valence-corrected chi connectivity index (χ2v) is 5.85. The molecule has 25 heavy (non-hydrogen) atoms. The van der Waals surface area contributed by atoms with Crippen LogP contribution in [0.1, 0.15) is 28.5 Å². The molecule has 0 unspecified atom stereocenters. The van der Waals surface area contributed by atoms with Gasteiger partial charge in [0.05, 0.1) is 16.9 Å². The van der Waals surface area contributed by atoms with Gasteiger partial charge in [-0.2, -0.15) is 10.2 Å². The topological polar surface area (TPSA) is 70.1 Å². The third-order valence-electron chi connectivity index (χ3n) is 3.74. The van der Waals surface area contributed by atoms with E-state index < -0.39 is 0 Å². The van der Waals surface area contributed by atoms with E-state index in [2.05, 4.69) is 27.6 Å². The number of hydrogen-bond acceptors (Lipinski definition) is 3. The van der Waals surface area contributed by atoms with Gasteiger partial charge in [0, 0.05) is 5.56 Å². The average molecular weight is 353 g/mol. The summed E-state index contributed by atoms with van der Waals surface area (Å²) in [4.78, 5) is 12.1. The Morgan fingerprint density at radius 2 is 2.00 bits per heavy atom. The lowest BCUT2D eigenvalue weighted by molar-refractivity contribution is 0.0950. The van der Waals surface area contributed by atoms with Crippen LogP contribution in [-0.2, 0) is 6.42 Å². The van der Waals surface area contributed by atoms with Gasteiger partial charge in [-0.25, -0.2) is 5.43 Å². The number of halogens is 1. The molecule has 0 bridgehead atoms. The van der Waals surface area contributed by atoms with Crippen molar-refractivity contribution < 1.29 is 4.79 Å². The lowest BCUT2D eigenvalue weighted by Gasteiger charge is -1.98. The molecule has 3 rings (SSSR count). The number of benzene rings is 2. The quantitative estimate of drug-likeness (QED) is 0.537. The molecule has 0 fully saturated rings. The van der Waals surface area contributed by atoms with E-state index in [4.69, 9.17) is 11.6 Å². The lowest BCUT2D eigenvalue weighted by atomic mass is 10.1. The number of H-pyrrole nitrogens is 1. The highest BCUT2D eigenvalue weighted by Crippen LogP contribution is 2.26. The molecule has 2 N–H and O–H groups in total. The van der Waals surface area contributed by atoms with Crippen LogP contribution in [0.15, 0.2) is 59.7 Å². The molecule has 0 atom stereocenters. The molecule has 0 spiro atoms. The number of hydrazone groups is 1. The highest BCUT2D eigenvalue weighted by atomic mass is 35.5. The van der Waals surface area contributed by atoms with Gasteiger partial charge in [0.2, 0.25) is 0 Å². The van der Waals surface area contributed by atoms with Crippen molar-refractivity contribution in [2.45, 2.75) is 13.3 Å². The maximum absolute atomic E-state index is 12.1. The van der Waals surface area contributed by atoms with E-state index in [0.29, 0.717) is 16.4 Å². The summed E-state index contributed by atoms with van der Waals surface area (Å²) in [5.74, 6) is -0.368. The van der Waals surface area contributed by atoms with Gasteiger partial charge >= 0.3 is 0 Å². The maximum atomic E-state index is 12.1. The van der Waals surface area contributed by atoms with Crippen LogP contribution in [-0.4, -0.2) is 22.3 Å². The molecule has 5 nitrogen and oxygen atoms in total. The van der Waals surface area contributed by atoms with Crippen LogP contribution < -0.4 is 5.43 Å². The maximum Gasteiger partial charge on any atom is 0.289 e. The predicted molar refractivity (Wildman–Crippen MR) is 99.9 cm³/mol. The standard InChI is InChI=1S/C19H17ClN4O/c1-2-13-7-9-14(10-8-13)12-21-24-19(25)18-11-17(22-23-18)15-5-3-4-6-16(15)20/h3-12H,2H2,1H3,(H,22,23)(H,24,25)/b21-12+. The number of nitrogens with zero attached hydrogens (tertiary/aromatic N) is 2. The second kappa shape index (κ2) is 7.77. The Balaban J connectivity index is 1.65. The Morgan fingerprint density at radius 3 is 2.72 bits per heavy atom. The Bertz CT molecular complexity index is 900. The monoisotopic (exact) mass is 352 g/mol. The Hall–Kier alpha value is -2.92. The zero-order valence-corrected chi connectivity index (χ0v) is 14.4.